The van der Waals surface area contributed by atoms with Crippen molar-refractivity contribution in [3.05, 3.63) is 58.2 Å². The molecule has 6 nitrogen and oxygen atoms in total. The van der Waals surface area contributed by atoms with Gasteiger partial charge in [-0.05, 0) is 48.7 Å². The van der Waals surface area contributed by atoms with E-state index in [9.17, 15) is 4.79 Å². The fourth-order valence-corrected chi connectivity index (χ4v) is 2.83. The molecule has 3 heterocycles. The SMILES string of the molecule is Cc1ncc2c(c1CNC(=O)c1cccc(CO)n1)CCNC2. The number of rotatable bonds is 4. The minimum atomic E-state index is -0.244. The molecule has 0 spiro atoms. The topological polar surface area (TPSA) is 87.1 Å². The minimum absolute atomic E-state index is 0.177. The molecule has 23 heavy (non-hydrogen) atoms. The van der Waals surface area contributed by atoms with E-state index >= 15 is 0 Å². The molecule has 1 aliphatic heterocycles. The van der Waals surface area contributed by atoms with Gasteiger partial charge in [0.05, 0.1) is 12.3 Å². The Morgan fingerprint density at radius 1 is 1.43 bits per heavy atom. The number of carbonyl (C=O) groups excluding carboxylic acids is 1. The molecule has 0 atom stereocenters. The molecule has 0 saturated carbocycles. The molecular weight excluding hydrogens is 292 g/mol. The van der Waals surface area contributed by atoms with Crippen LogP contribution in [0, 0.1) is 6.92 Å². The molecule has 0 radical (unpaired) electrons. The Kier molecular flexibility index (Phi) is 4.64. The third-order valence-corrected chi connectivity index (χ3v) is 4.10. The van der Waals surface area contributed by atoms with Crippen molar-refractivity contribution >= 4 is 5.91 Å². The average Bonchev–Trinajstić information content (AvgIpc) is 2.60. The van der Waals surface area contributed by atoms with Crippen molar-refractivity contribution in [2.75, 3.05) is 6.54 Å². The number of aliphatic hydroxyl groups is 1. The molecule has 0 bridgehead atoms. The van der Waals surface area contributed by atoms with Gasteiger partial charge in [0.25, 0.3) is 5.91 Å². The van der Waals surface area contributed by atoms with Crippen LogP contribution in [0.15, 0.2) is 24.4 Å². The standard InChI is InChI=1S/C17H20N4O2/c1-11-15(14-5-6-18-7-12(14)8-19-11)9-20-17(23)16-4-2-3-13(10-22)21-16/h2-4,8,18,22H,5-7,9-10H2,1H3,(H,20,23). The lowest BCUT2D eigenvalue weighted by Crippen LogP contribution is -2.29. The Bertz CT molecular complexity index is 731. The molecule has 2 aromatic heterocycles. The number of amides is 1. The van der Waals surface area contributed by atoms with Gasteiger partial charge in [0.1, 0.15) is 5.69 Å². The first-order valence-corrected chi connectivity index (χ1v) is 7.71. The van der Waals surface area contributed by atoms with Gasteiger partial charge in [-0.2, -0.15) is 0 Å². The number of fused-ring (bicyclic) bond motifs is 1. The summed E-state index contributed by atoms with van der Waals surface area (Å²) in [5.74, 6) is -0.244. The van der Waals surface area contributed by atoms with Crippen LogP contribution in [0.4, 0.5) is 0 Å². The average molecular weight is 312 g/mol. The monoisotopic (exact) mass is 312 g/mol. The Labute approximate surface area is 135 Å². The third-order valence-electron chi connectivity index (χ3n) is 4.10. The van der Waals surface area contributed by atoms with Crippen LogP contribution in [0.2, 0.25) is 0 Å². The van der Waals surface area contributed by atoms with E-state index in [-0.39, 0.29) is 12.5 Å². The molecule has 1 amide bonds. The van der Waals surface area contributed by atoms with Gasteiger partial charge in [-0.15, -0.1) is 0 Å². The summed E-state index contributed by atoms with van der Waals surface area (Å²) in [6.07, 6.45) is 2.86. The summed E-state index contributed by atoms with van der Waals surface area (Å²) in [6, 6.07) is 5.05. The van der Waals surface area contributed by atoms with E-state index in [0.717, 1.165) is 30.8 Å². The molecule has 2 aromatic rings. The number of hydrogen-bond donors (Lipinski definition) is 3. The molecule has 0 unspecified atom stereocenters. The van der Waals surface area contributed by atoms with Gasteiger partial charge >= 0.3 is 0 Å². The fourth-order valence-electron chi connectivity index (χ4n) is 2.83. The fraction of sp³-hybridized carbons (Fsp3) is 0.353. The summed E-state index contributed by atoms with van der Waals surface area (Å²) in [5.41, 5.74) is 5.33. The Hall–Kier alpha value is -2.31. The second-order valence-electron chi connectivity index (χ2n) is 5.61. The van der Waals surface area contributed by atoms with Crippen LogP contribution in [0.25, 0.3) is 0 Å². The molecule has 0 fully saturated rings. The summed E-state index contributed by atoms with van der Waals surface area (Å²) < 4.78 is 0. The van der Waals surface area contributed by atoms with Gasteiger partial charge in [0.15, 0.2) is 0 Å². The Morgan fingerprint density at radius 2 is 2.30 bits per heavy atom. The number of aromatic nitrogens is 2. The number of pyridine rings is 2. The second kappa shape index (κ2) is 6.85. The first-order chi connectivity index (χ1) is 11.2. The van der Waals surface area contributed by atoms with Crippen molar-refractivity contribution in [1.82, 2.24) is 20.6 Å². The first kappa shape index (κ1) is 15.6. The van der Waals surface area contributed by atoms with E-state index in [4.69, 9.17) is 5.11 Å². The maximum absolute atomic E-state index is 12.3. The van der Waals surface area contributed by atoms with E-state index in [0.29, 0.717) is 17.9 Å². The van der Waals surface area contributed by atoms with Gasteiger partial charge in [0, 0.05) is 25.0 Å². The van der Waals surface area contributed by atoms with Gasteiger partial charge in [-0.1, -0.05) is 6.07 Å². The number of nitrogens with one attached hydrogen (secondary N) is 2. The van der Waals surface area contributed by atoms with Crippen LogP contribution >= 0.6 is 0 Å². The van der Waals surface area contributed by atoms with Crippen LogP contribution in [0.5, 0.6) is 0 Å². The predicted molar refractivity (Wildman–Crippen MR) is 85.7 cm³/mol. The zero-order chi connectivity index (χ0) is 16.2. The van der Waals surface area contributed by atoms with E-state index in [1.165, 1.54) is 11.1 Å². The maximum atomic E-state index is 12.3. The van der Waals surface area contributed by atoms with Crippen LogP contribution in [-0.2, 0) is 26.1 Å². The molecule has 120 valence electrons. The molecule has 0 aliphatic carbocycles. The first-order valence-electron chi connectivity index (χ1n) is 7.71. The highest BCUT2D eigenvalue weighted by Gasteiger charge is 2.16. The lowest BCUT2D eigenvalue weighted by Gasteiger charge is -2.21. The van der Waals surface area contributed by atoms with Crippen molar-refractivity contribution in [2.45, 2.75) is 33.0 Å². The summed E-state index contributed by atoms with van der Waals surface area (Å²) in [6.45, 7) is 3.99. The van der Waals surface area contributed by atoms with E-state index in [1.807, 2.05) is 13.1 Å². The van der Waals surface area contributed by atoms with Crippen LogP contribution < -0.4 is 10.6 Å². The maximum Gasteiger partial charge on any atom is 0.270 e. The number of nitrogens with zero attached hydrogens (tertiary/aromatic N) is 2. The number of hydrogen-bond acceptors (Lipinski definition) is 5. The van der Waals surface area contributed by atoms with Gasteiger partial charge < -0.3 is 15.7 Å². The number of aliphatic hydroxyl groups excluding tert-OH is 1. The van der Waals surface area contributed by atoms with Gasteiger partial charge in [-0.25, -0.2) is 4.98 Å². The zero-order valence-corrected chi connectivity index (χ0v) is 13.1. The highest BCUT2D eigenvalue weighted by atomic mass is 16.3. The zero-order valence-electron chi connectivity index (χ0n) is 13.1. The highest BCUT2D eigenvalue weighted by Crippen LogP contribution is 2.20. The minimum Gasteiger partial charge on any atom is -0.390 e. The molecule has 0 aromatic carbocycles. The van der Waals surface area contributed by atoms with Gasteiger partial charge in [0.2, 0.25) is 0 Å². The number of aryl methyl sites for hydroxylation is 1. The van der Waals surface area contributed by atoms with Crippen molar-refractivity contribution < 1.29 is 9.90 Å². The molecule has 1 aliphatic rings. The summed E-state index contributed by atoms with van der Waals surface area (Å²) >= 11 is 0. The van der Waals surface area contributed by atoms with Crippen LogP contribution in [0.3, 0.4) is 0 Å². The van der Waals surface area contributed by atoms with E-state index < -0.39 is 0 Å². The molecule has 6 heteroatoms. The van der Waals surface area contributed by atoms with Crippen LogP contribution in [0.1, 0.15) is 38.6 Å². The molecule has 3 rings (SSSR count). The van der Waals surface area contributed by atoms with Crippen molar-refractivity contribution in [1.29, 1.82) is 0 Å². The predicted octanol–water partition coefficient (Wildman–Crippen LogP) is 0.853. The van der Waals surface area contributed by atoms with E-state index in [1.54, 1.807) is 18.2 Å². The highest BCUT2D eigenvalue weighted by molar-refractivity contribution is 5.92. The lowest BCUT2D eigenvalue weighted by molar-refractivity contribution is 0.0945. The van der Waals surface area contributed by atoms with E-state index in [2.05, 4.69) is 20.6 Å². The summed E-state index contributed by atoms with van der Waals surface area (Å²) in [4.78, 5) is 20.8. The summed E-state index contributed by atoms with van der Waals surface area (Å²) in [7, 11) is 0. The normalized spacial score (nSPS) is 13.5. The molecular formula is C17H20N4O2. The summed E-state index contributed by atoms with van der Waals surface area (Å²) in [5, 5.41) is 15.4. The van der Waals surface area contributed by atoms with Crippen molar-refractivity contribution in [2.24, 2.45) is 0 Å². The molecule has 3 N–H and O–H groups in total. The van der Waals surface area contributed by atoms with Crippen molar-refractivity contribution in [3.8, 4) is 0 Å². The van der Waals surface area contributed by atoms with Crippen LogP contribution in [-0.4, -0.2) is 27.5 Å². The van der Waals surface area contributed by atoms with Crippen molar-refractivity contribution in [3.63, 3.8) is 0 Å². The van der Waals surface area contributed by atoms with Gasteiger partial charge in [-0.3, -0.25) is 9.78 Å². The Balaban J connectivity index is 1.76. The lowest BCUT2D eigenvalue weighted by atomic mass is 9.96. The Morgan fingerprint density at radius 3 is 3.13 bits per heavy atom. The number of carbonyl (C=O) groups is 1. The molecule has 0 saturated heterocycles. The smallest absolute Gasteiger partial charge is 0.270 e. The largest absolute Gasteiger partial charge is 0.390 e. The quantitative estimate of drug-likeness (QED) is 0.779. The second-order valence-corrected chi connectivity index (χ2v) is 5.61. The third kappa shape index (κ3) is 3.38.